The maximum atomic E-state index is 5.99. The molecule has 0 aliphatic heterocycles. The highest BCUT2D eigenvalue weighted by atomic mass is 15.1. The molecule has 3 heteroatoms. The average molecular weight is 227 g/mol. The van der Waals surface area contributed by atoms with Gasteiger partial charge in [-0.25, -0.2) is 0 Å². The predicted molar refractivity (Wildman–Crippen MR) is 70.6 cm³/mol. The molecule has 16 heavy (non-hydrogen) atoms. The Morgan fingerprint density at radius 2 is 2.06 bits per heavy atom. The summed E-state index contributed by atoms with van der Waals surface area (Å²) in [6, 6.07) is 0. The van der Waals surface area contributed by atoms with Crippen LogP contribution in [0.25, 0.3) is 0 Å². The van der Waals surface area contributed by atoms with E-state index in [1.165, 1.54) is 32.1 Å². The van der Waals surface area contributed by atoms with Gasteiger partial charge in [-0.2, -0.15) is 0 Å². The number of nitrogens with two attached hydrogens (primary N) is 1. The third-order valence-electron chi connectivity index (χ3n) is 3.92. The highest BCUT2D eigenvalue weighted by Gasteiger charge is 2.30. The van der Waals surface area contributed by atoms with Crippen molar-refractivity contribution >= 4 is 0 Å². The molecule has 0 heterocycles. The van der Waals surface area contributed by atoms with Gasteiger partial charge in [0.2, 0.25) is 0 Å². The van der Waals surface area contributed by atoms with Crippen LogP contribution in [0.15, 0.2) is 0 Å². The second kappa shape index (κ2) is 6.58. The molecule has 96 valence electrons. The van der Waals surface area contributed by atoms with E-state index < -0.39 is 0 Å². The van der Waals surface area contributed by atoms with Crippen LogP contribution in [0.5, 0.6) is 0 Å². The summed E-state index contributed by atoms with van der Waals surface area (Å²) < 4.78 is 0. The first-order valence-electron chi connectivity index (χ1n) is 6.68. The molecule has 3 N–H and O–H groups in total. The van der Waals surface area contributed by atoms with E-state index in [0.29, 0.717) is 0 Å². The minimum absolute atomic E-state index is 0.223. The second-order valence-electron chi connectivity index (χ2n) is 5.75. The van der Waals surface area contributed by atoms with Crippen molar-refractivity contribution in [2.45, 2.75) is 44.6 Å². The fourth-order valence-corrected chi connectivity index (χ4v) is 2.58. The van der Waals surface area contributed by atoms with Crippen molar-refractivity contribution < 1.29 is 0 Å². The zero-order valence-electron chi connectivity index (χ0n) is 11.3. The number of rotatable bonds is 5. The van der Waals surface area contributed by atoms with E-state index in [0.717, 1.165) is 25.6 Å². The summed E-state index contributed by atoms with van der Waals surface area (Å²) in [6.07, 6.45) is 6.52. The number of nitrogens with one attached hydrogen (secondary N) is 1. The number of likely N-dealkylation sites (N-methyl/N-ethyl adjacent to an activating group) is 1. The maximum Gasteiger partial charge on any atom is 0.0304 e. The van der Waals surface area contributed by atoms with Crippen molar-refractivity contribution in [3.8, 4) is 0 Å². The van der Waals surface area contributed by atoms with E-state index in [2.05, 4.69) is 31.2 Å². The molecule has 0 radical (unpaired) electrons. The maximum absolute atomic E-state index is 5.99. The van der Waals surface area contributed by atoms with Gasteiger partial charge in [0.05, 0.1) is 0 Å². The lowest BCUT2D eigenvalue weighted by molar-refractivity contribution is 0.273. The Morgan fingerprint density at radius 1 is 1.31 bits per heavy atom. The molecule has 0 amide bonds. The minimum atomic E-state index is 0.223. The van der Waals surface area contributed by atoms with Gasteiger partial charge in [-0.15, -0.1) is 0 Å². The number of nitrogens with zero attached hydrogens (tertiary/aromatic N) is 1. The first-order valence-corrected chi connectivity index (χ1v) is 6.68. The van der Waals surface area contributed by atoms with Crippen LogP contribution < -0.4 is 11.1 Å². The molecule has 1 aliphatic carbocycles. The second-order valence-corrected chi connectivity index (χ2v) is 5.75. The van der Waals surface area contributed by atoms with E-state index in [9.17, 15) is 0 Å². The van der Waals surface area contributed by atoms with E-state index in [4.69, 9.17) is 5.73 Å². The lowest BCUT2D eigenvalue weighted by Gasteiger charge is -2.33. The summed E-state index contributed by atoms with van der Waals surface area (Å²) in [5, 5.41) is 3.71. The van der Waals surface area contributed by atoms with Crippen LogP contribution >= 0.6 is 0 Å². The molecule has 3 nitrogen and oxygen atoms in total. The molecule has 1 saturated carbocycles. The van der Waals surface area contributed by atoms with Crippen LogP contribution in [0.3, 0.4) is 0 Å². The van der Waals surface area contributed by atoms with Gasteiger partial charge in [0, 0.05) is 25.2 Å². The molecule has 0 spiro atoms. The Balaban J connectivity index is 2.42. The zero-order valence-corrected chi connectivity index (χ0v) is 11.3. The summed E-state index contributed by atoms with van der Waals surface area (Å²) in [7, 11) is 4.23. The third-order valence-corrected chi connectivity index (χ3v) is 3.92. The van der Waals surface area contributed by atoms with Gasteiger partial charge < -0.3 is 16.0 Å². The molecular formula is C13H29N3. The minimum Gasteiger partial charge on any atom is -0.329 e. The third kappa shape index (κ3) is 4.40. The Morgan fingerprint density at radius 3 is 2.69 bits per heavy atom. The molecular weight excluding hydrogens is 198 g/mol. The number of hydrogen-bond acceptors (Lipinski definition) is 3. The predicted octanol–water partition coefficient (Wildman–Crippen LogP) is 1.44. The van der Waals surface area contributed by atoms with Gasteiger partial charge in [0.25, 0.3) is 0 Å². The fraction of sp³-hybridized carbons (Fsp3) is 1.00. The first-order chi connectivity index (χ1) is 7.58. The lowest BCUT2D eigenvalue weighted by atomic mass is 9.90. The van der Waals surface area contributed by atoms with E-state index in [-0.39, 0.29) is 5.54 Å². The van der Waals surface area contributed by atoms with Crippen LogP contribution in [0.4, 0.5) is 0 Å². The van der Waals surface area contributed by atoms with Crippen molar-refractivity contribution in [2.75, 3.05) is 33.7 Å². The van der Waals surface area contributed by atoms with Crippen LogP contribution in [-0.2, 0) is 0 Å². The van der Waals surface area contributed by atoms with Gasteiger partial charge in [0.1, 0.15) is 0 Å². The molecule has 0 aromatic rings. The Labute approximate surface area is 101 Å². The SMILES string of the molecule is CC1CCCC(CN)(NCCN(C)C)CC1. The summed E-state index contributed by atoms with van der Waals surface area (Å²) in [4.78, 5) is 2.22. The van der Waals surface area contributed by atoms with Crippen LogP contribution in [0.1, 0.15) is 39.0 Å². The normalized spacial score (nSPS) is 31.7. The smallest absolute Gasteiger partial charge is 0.0304 e. The topological polar surface area (TPSA) is 41.3 Å². The van der Waals surface area contributed by atoms with Crippen molar-refractivity contribution in [2.24, 2.45) is 11.7 Å². The van der Waals surface area contributed by atoms with Crippen molar-refractivity contribution in [1.29, 1.82) is 0 Å². The molecule has 1 rings (SSSR count). The average Bonchev–Trinajstić information content (AvgIpc) is 2.41. The van der Waals surface area contributed by atoms with Gasteiger partial charge >= 0.3 is 0 Å². The monoisotopic (exact) mass is 227 g/mol. The first kappa shape index (κ1) is 13.9. The standard InChI is InChI=1S/C13H29N3/c1-12-5-4-7-13(11-14,8-6-12)15-9-10-16(2)3/h12,15H,4-11,14H2,1-3H3. The fourth-order valence-electron chi connectivity index (χ4n) is 2.58. The molecule has 0 bridgehead atoms. The highest BCUT2D eigenvalue weighted by molar-refractivity contribution is 4.91. The molecule has 2 atom stereocenters. The van der Waals surface area contributed by atoms with Crippen molar-refractivity contribution in [1.82, 2.24) is 10.2 Å². The van der Waals surface area contributed by atoms with E-state index >= 15 is 0 Å². The molecule has 1 fully saturated rings. The van der Waals surface area contributed by atoms with Crippen LogP contribution in [0.2, 0.25) is 0 Å². The Hall–Kier alpha value is -0.120. The van der Waals surface area contributed by atoms with E-state index in [1.54, 1.807) is 0 Å². The summed E-state index contributed by atoms with van der Waals surface area (Å²) in [6.45, 7) is 5.30. The number of hydrogen-bond donors (Lipinski definition) is 2. The molecule has 0 aromatic carbocycles. The largest absolute Gasteiger partial charge is 0.329 e. The van der Waals surface area contributed by atoms with Gasteiger partial charge in [-0.1, -0.05) is 19.8 Å². The van der Waals surface area contributed by atoms with Crippen molar-refractivity contribution in [3.05, 3.63) is 0 Å². The molecule has 2 unspecified atom stereocenters. The summed E-state index contributed by atoms with van der Waals surface area (Å²) >= 11 is 0. The molecule has 0 aromatic heterocycles. The van der Waals surface area contributed by atoms with Crippen LogP contribution in [-0.4, -0.2) is 44.2 Å². The van der Waals surface area contributed by atoms with Crippen molar-refractivity contribution in [3.63, 3.8) is 0 Å². The Kier molecular flexibility index (Phi) is 5.73. The quantitative estimate of drug-likeness (QED) is 0.698. The van der Waals surface area contributed by atoms with Crippen LogP contribution in [0, 0.1) is 5.92 Å². The molecule has 1 aliphatic rings. The van der Waals surface area contributed by atoms with Gasteiger partial charge in [-0.3, -0.25) is 0 Å². The Bertz CT molecular complexity index is 194. The lowest BCUT2D eigenvalue weighted by Crippen LogP contribution is -2.52. The van der Waals surface area contributed by atoms with Gasteiger partial charge in [0.15, 0.2) is 0 Å². The highest BCUT2D eigenvalue weighted by Crippen LogP contribution is 2.29. The summed E-state index contributed by atoms with van der Waals surface area (Å²) in [5.41, 5.74) is 6.22. The summed E-state index contributed by atoms with van der Waals surface area (Å²) in [5.74, 6) is 0.879. The molecule has 0 saturated heterocycles. The van der Waals surface area contributed by atoms with Gasteiger partial charge in [-0.05, 0) is 39.3 Å². The van der Waals surface area contributed by atoms with E-state index in [1.807, 2.05) is 0 Å². The zero-order chi connectivity index (χ0) is 12.0.